The van der Waals surface area contributed by atoms with Crippen LogP contribution in [-0.2, 0) is 6.54 Å². The Hall–Kier alpha value is -3.09. The Kier molecular flexibility index (Phi) is 3.92. The summed E-state index contributed by atoms with van der Waals surface area (Å²) in [5.41, 5.74) is 1.69. The molecule has 0 amide bonds. The van der Waals surface area contributed by atoms with Crippen molar-refractivity contribution in [1.82, 2.24) is 24.7 Å². The maximum atomic E-state index is 12.2. The molecule has 1 aliphatic heterocycles. The second kappa shape index (κ2) is 6.57. The molecule has 1 saturated carbocycles. The standard InChI is InChI=1S/C20H20N6O/c27-19-4-3-17(15-5-8-21-9-6-15)24-26(19)13-14-11-25(12-14)18-7-10-22-20(23-18)16-1-2-16/h3-10,14,16H,1-2,11-13H2. The van der Waals surface area contributed by atoms with Crippen LogP contribution in [0.4, 0.5) is 5.82 Å². The van der Waals surface area contributed by atoms with Gasteiger partial charge in [0.05, 0.1) is 12.2 Å². The van der Waals surface area contributed by atoms with Crippen LogP contribution in [0.25, 0.3) is 11.3 Å². The van der Waals surface area contributed by atoms with Gasteiger partial charge >= 0.3 is 0 Å². The second-order valence-corrected chi connectivity index (χ2v) is 7.29. The number of anilines is 1. The van der Waals surface area contributed by atoms with Crippen molar-refractivity contribution < 1.29 is 0 Å². The van der Waals surface area contributed by atoms with Gasteiger partial charge in [0.1, 0.15) is 11.6 Å². The van der Waals surface area contributed by atoms with Crippen molar-refractivity contribution in [3.05, 3.63) is 65.1 Å². The maximum Gasteiger partial charge on any atom is 0.266 e. The minimum absolute atomic E-state index is 0.0655. The predicted octanol–water partition coefficient (Wildman–Crippen LogP) is 2.11. The lowest BCUT2D eigenvalue weighted by Crippen LogP contribution is -2.50. The predicted molar refractivity (Wildman–Crippen MR) is 101 cm³/mol. The van der Waals surface area contributed by atoms with Gasteiger partial charge in [0.25, 0.3) is 5.56 Å². The summed E-state index contributed by atoms with van der Waals surface area (Å²) in [6.07, 6.45) is 7.72. The van der Waals surface area contributed by atoms with Crippen LogP contribution in [0.3, 0.4) is 0 Å². The molecule has 5 rings (SSSR count). The Morgan fingerprint density at radius 1 is 1.00 bits per heavy atom. The van der Waals surface area contributed by atoms with Gasteiger partial charge in [-0.3, -0.25) is 9.78 Å². The molecule has 3 aromatic heterocycles. The normalized spacial score (nSPS) is 17.0. The zero-order chi connectivity index (χ0) is 18.2. The topological polar surface area (TPSA) is 76.8 Å². The molecule has 7 nitrogen and oxygen atoms in total. The van der Waals surface area contributed by atoms with Gasteiger partial charge in [-0.25, -0.2) is 14.6 Å². The van der Waals surface area contributed by atoms with Crippen molar-refractivity contribution >= 4 is 5.82 Å². The van der Waals surface area contributed by atoms with Crippen LogP contribution in [0.1, 0.15) is 24.6 Å². The van der Waals surface area contributed by atoms with E-state index in [2.05, 4.69) is 20.0 Å². The third-order valence-electron chi connectivity index (χ3n) is 5.16. The third kappa shape index (κ3) is 3.32. The summed E-state index contributed by atoms with van der Waals surface area (Å²) in [5, 5.41) is 4.54. The molecule has 1 saturated heterocycles. The van der Waals surface area contributed by atoms with Crippen molar-refractivity contribution in [2.75, 3.05) is 18.0 Å². The summed E-state index contributed by atoms with van der Waals surface area (Å²) in [5.74, 6) is 2.91. The minimum Gasteiger partial charge on any atom is -0.356 e. The average molecular weight is 360 g/mol. The van der Waals surface area contributed by atoms with Crippen molar-refractivity contribution in [3.8, 4) is 11.3 Å². The summed E-state index contributed by atoms with van der Waals surface area (Å²) in [6.45, 7) is 2.39. The quantitative estimate of drug-likeness (QED) is 0.694. The highest BCUT2D eigenvalue weighted by molar-refractivity contribution is 5.57. The molecule has 0 spiro atoms. The van der Waals surface area contributed by atoms with Gasteiger partial charge < -0.3 is 4.90 Å². The zero-order valence-electron chi connectivity index (χ0n) is 14.9. The fourth-order valence-corrected chi connectivity index (χ4v) is 3.45. The molecule has 4 heterocycles. The fraction of sp³-hybridized carbons (Fsp3) is 0.350. The van der Waals surface area contributed by atoms with E-state index in [9.17, 15) is 4.79 Å². The SMILES string of the molecule is O=c1ccc(-c2ccncc2)nn1CC1CN(c2ccnc(C3CC3)n2)C1. The van der Waals surface area contributed by atoms with Crippen LogP contribution in [0, 0.1) is 5.92 Å². The first-order valence-corrected chi connectivity index (χ1v) is 9.33. The Balaban J connectivity index is 1.27. The van der Waals surface area contributed by atoms with E-state index in [4.69, 9.17) is 4.98 Å². The highest BCUT2D eigenvalue weighted by atomic mass is 16.1. The van der Waals surface area contributed by atoms with E-state index in [-0.39, 0.29) is 5.56 Å². The lowest BCUT2D eigenvalue weighted by Gasteiger charge is -2.40. The van der Waals surface area contributed by atoms with E-state index < -0.39 is 0 Å². The summed E-state index contributed by atoms with van der Waals surface area (Å²) >= 11 is 0. The monoisotopic (exact) mass is 360 g/mol. The molecule has 0 unspecified atom stereocenters. The highest BCUT2D eigenvalue weighted by Gasteiger charge is 2.31. The molecule has 2 aliphatic rings. The van der Waals surface area contributed by atoms with Crippen molar-refractivity contribution in [3.63, 3.8) is 0 Å². The van der Waals surface area contributed by atoms with Crippen LogP contribution < -0.4 is 10.5 Å². The van der Waals surface area contributed by atoms with E-state index >= 15 is 0 Å². The number of aromatic nitrogens is 5. The van der Waals surface area contributed by atoms with Crippen LogP contribution in [0.15, 0.2) is 53.7 Å². The van der Waals surface area contributed by atoms with Gasteiger partial charge in [-0.15, -0.1) is 0 Å². The van der Waals surface area contributed by atoms with E-state index in [1.807, 2.05) is 24.4 Å². The molecule has 0 atom stereocenters. The average Bonchev–Trinajstić information content (AvgIpc) is 3.52. The van der Waals surface area contributed by atoms with Crippen LogP contribution >= 0.6 is 0 Å². The number of rotatable bonds is 5. The molecule has 7 heteroatoms. The van der Waals surface area contributed by atoms with Gasteiger partial charge in [0.2, 0.25) is 0 Å². The first-order chi connectivity index (χ1) is 13.3. The lowest BCUT2D eigenvalue weighted by molar-refractivity contribution is 0.333. The van der Waals surface area contributed by atoms with Crippen molar-refractivity contribution in [1.29, 1.82) is 0 Å². The van der Waals surface area contributed by atoms with Gasteiger partial charge in [-0.05, 0) is 37.1 Å². The summed E-state index contributed by atoms with van der Waals surface area (Å²) in [4.78, 5) is 27.6. The zero-order valence-corrected chi connectivity index (χ0v) is 14.9. The Labute approximate surface area is 156 Å². The summed E-state index contributed by atoms with van der Waals surface area (Å²) < 4.78 is 1.58. The Morgan fingerprint density at radius 2 is 1.81 bits per heavy atom. The Bertz CT molecular complexity index is 1010. The molecular weight excluding hydrogens is 340 g/mol. The van der Waals surface area contributed by atoms with Gasteiger partial charge in [0.15, 0.2) is 0 Å². The minimum atomic E-state index is -0.0655. The van der Waals surface area contributed by atoms with Crippen molar-refractivity contribution in [2.45, 2.75) is 25.3 Å². The second-order valence-electron chi connectivity index (χ2n) is 7.29. The van der Waals surface area contributed by atoms with Crippen molar-refractivity contribution in [2.24, 2.45) is 5.92 Å². The molecule has 0 aromatic carbocycles. The first-order valence-electron chi connectivity index (χ1n) is 9.33. The highest BCUT2D eigenvalue weighted by Crippen LogP contribution is 2.38. The smallest absolute Gasteiger partial charge is 0.266 e. The van der Waals surface area contributed by atoms with E-state index in [0.717, 1.165) is 36.0 Å². The van der Waals surface area contributed by atoms with E-state index in [1.54, 1.807) is 29.2 Å². The Morgan fingerprint density at radius 3 is 2.59 bits per heavy atom. The summed E-state index contributed by atoms with van der Waals surface area (Å²) in [6, 6.07) is 9.12. The van der Waals surface area contributed by atoms with E-state index in [1.165, 1.54) is 12.8 Å². The van der Waals surface area contributed by atoms with E-state index in [0.29, 0.717) is 18.4 Å². The maximum absolute atomic E-state index is 12.2. The fourth-order valence-electron chi connectivity index (χ4n) is 3.45. The van der Waals surface area contributed by atoms with Gasteiger partial charge in [-0.1, -0.05) is 0 Å². The van der Waals surface area contributed by atoms with Gasteiger partial charge in [-0.2, -0.15) is 5.10 Å². The van der Waals surface area contributed by atoms with Crippen LogP contribution in [0.2, 0.25) is 0 Å². The molecular formula is C20H20N6O. The molecule has 3 aromatic rings. The molecule has 2 fully saturated rings. The number of pyridine rings is 1. The molecule has 27 heavy (non-hydrogen) atoms. The third-order valence-corrected chi connectivity index (χ3v) is 5.16. The number of hydrogen-bond donors (Lipinski definition) is 0. The lowest BCUT2D eigenvalue weighted by atomic mass is 10.0. The first kappa shape index (κ1) is 16.1. The number of nitrogens with zero attached hydrogens (tertiary/aromatic N) is 6. The number of hydrogen-bond acceptors (Lipinski definition) is 6. The molecule has 0 N–H and O–H groups in total. The van der Waals surface area contributed by atoms with Gasteiger partial charge in [0, 0.05) is 55.1 Å². The molecule has 136 valence electrons. The molecule has 1 aliphatic carbocycles. The molecule has 0 radical (unpaired) electrons. The largest absolute Gasteiger partial charge is 0.356 e. The van der Waals surface area contributed by atoms with Crippen LogP contribution in [0.5, 0.6) is 0 Å². The molecule has 0 bridgehead atoms. The van der Waals surface area contributed by atoms with Crippen LogP contribution in [-0.4, -0.2) is 37.8 Å². The summed E-state index contributed by atoms with van der Waals surface area (Å²) in [7, 11) is 0.